The van der Waals surface area contributed by atoms with Gasteiger partial charge >= 0.3 is 0 Å². The van der Waals surface area contributed by atoms with E-state index < -0.39 is 0 Å². The largest absolute Gasteiger partial charge is 0.495 e. The quantitative estimate of drug-likeness (QED) is 0.771. The molecule has 4 heteroatoms. The van der Waals surface area contributed by atoms with Crippen LogP contribution in [0.15, 0.2) is 18.3 Å². The van der Waals surface area contributed by atoms with Crippen LogP contribution in [0.5, 0.6) is 5.75 Å². The normalized spacial score (nSPS) is 12.3. The molecule has 0 aliphatic rings. The van der Waals surface area contributed by atoms with Crippen molar-refractivity contribution in [1.82, 2.24) is 4.98 Å². The van der Waals surface area contributed by atoms with Crippen LogP contribution in [0.4, 0.5) is 5.82 Å². The third-order valence-electron chi connectivity index (χ3n) is 2.21. The number of halogens is 1. The van der Waals surface area contributed by atoms with Crippen LogP contribution in [0.1, 0.15) is 13.3 Å². The van der Waals surface area contributed by atoms with E-state index in [0.717, 1.165) is 24.5 Å². The van der Waals surface area contributed by atoms with Crippen molar-refractivity contribution in [2.45, 2.75) is 18.2 Å². The molecular weight excluding hydrogens is 256 g/mol. The maximum Gasteiger partial charge on any atom is 0.137 e. The van der Waals surface area contributed by atoms with Crippen LogP contribution in [-0.2, 0) is 0 Å². The van der Waals surface area contributed by atoms with Gasteiger partial charge in [0.15, 0.2) is 0 Å². The molecule has 0 fully saturated rings. The lowest BCUT2D eigenvalue weighted by molar-refractivity contribution is 0.413. The third-order valence-corrected chi connectivity index (χ3v) is 2.67. The van der Waals surface area contributed by atoms with Crippen molar-refractivity contribution in [2.75, 3.05) is 25.6 Å². The number of aromatic nitrogens is 1. The monoisotopic (exact) mass is 272 g/mol. The van der Waals surface area contributed by atoms with Crippen LogP contribution in [0, 0.1) is 0 Å². The number of nitrogens with zero attached hydrogens (tertiary/aromatic N) is 2. The highest BCUT2D eigenvalue weighted by Gasteiger charge is 2.04. The average Bonchev–Trinajstić information content (AvgIpc) is 2.26. The molecule has 84 valence electrons. The summed E-state index contributed by atoms with van der Waals surface area (Å²) in [6.45, 7) is 3.14. The standard InChI is InChI=1S/C11H17BrN2O/c1-9(12)6-7-14(2)11-5-4-10(15-3)8-13-11/h4-5,8-9H,6-7H2,1-3H3. The van der Waals surface area contributed by atoms with Crippen molar-refractivity contribution >= 4 is 21.7 Å². The fourth-order valence-electron chi connectivity index (χ4n) is 1.21. The van der Waals surface area contributed by atoms with Gasteiger partial charge in [-0.05, 0) is 18.6 Å². The summed E-state index contributed by atoms with van der Waals surface area (Å²) in [4.78, 5) is 6.99. The molecule has 1 rings (SSSR count). The molecule has 0 aliphatic heterocycles. The van der Waals surface area contributed by atoms with E-state index in [2.05, 4.69) is 32.7 Å². The number of hydrogen-bond acceptors (Lipinski definition) is 3. The molecule has 0 bridgehead atoms. The van der Waals surface area contributed by atoms with Crippen LogP contribution >= 0.6 is 15.9 Å². The molecule has 0 spiro atoms. The maximum atomic E-state index is 5.06. The Morgan fingerprint density at radius 2 is 2.27 bits per heavy atom. The van der Waals surface area contributed by atoms with Gasteiger partial charge in [0, 0.05) is 18.4 Å². The summed E-state index contributed by atoms with van der Waals surface area (Å²) in [5.74, 6) is 1.77. The molecule has 0 saturated heterocycles. The highest BCUT2D eigenvalue weighted by molar-refractivity contribution is 9.09. The van der Waals surface area contributed by atoms with Crippen molar-refractivity contribution in [2.24, 2.45) is 0 Å². The lowest BCUT2D eigenvalue weighted by Crippen LogP contribution is -2.21. The summed E-state index contributed by atoms with van der Waals surface area (Å²) in [5, 5.41) is 0. The number of anilines is 1. The number of ether oxygens (including phenoxy) is 1. The number of pyridine rings is 1. The Balaban J connectivity index is 2.54. The number of methoxy groups -OCH3 is 1. The molecule has 1 heterocycles. The van der Waals surface area contributed by atoms with Gasteiger partial charge in [-0.3, -0.25) is 0 Å². The minimum absolute atomic E-state index is 0.540. The zero-order valence-corrected chi connectivity index (χ0v) is 11.0. The molecule has 0 saturated carbocycles. The van der Waals surface area contributed by atoms with E-state index in [0.29, 0.717) is 4.83 Å². The SMILES string of the molecule is COc1ccc(N(C)CCC(C)Br)nc1. The second-order valence-electron chi connectivity index (χ2n) is 3.55. The molecule has 0 amide bonds. The molecule has 0 radical (unpaired) electrons. The zero-order chi connectivity index (χ0) is 11.3. The van der Waals surface area contributed by atoms with Gasteiger partial charge in [0.2, 0.25) is 0 Å². The van der Waals surface area contributed by atoms with Crippen molar-refractivity contribution in [3.8, 4) is 5.75 Å². The summed E-state index contributed by atoms with van der Waals surface area (Å²) in [6.07, 6.45) is 2.84. The second-order valence-corrected chi connectivity index (χ2v) is 5.11. The van der Waals surface area contributed by atoms with Gasteiger partial charge < -0.3 is 9.64 Å². The van der Waals surface area contributed by atoms with E-state index in [-0.39, 0.29) is 0 Å². The molecule has 0 aliphatic carbocycles. The molecule has 1 atom stereocenters. The smallest absolute Gasteiger partial charge is 0.137 e. The van der Waals surface area contributed by atoms with Gasteiger partial charge in [0.05, 0.1) is 13.3 Å². The first-order valence-electron chi connectivity index (χ1n) is 4.98. The molecule has 1 aromatic heterocycles. The van der Waals surface area contributed by atoms with Gasteiger partial charge in [0.25, 0.3) is 0 Å². The fourth-order valence-corrected chi connectivity index (χ4v) is 1.41. The summed E-state index contributed by atoms with van der Waals surface area (Å²) in [6, 6.07) is 3.90. The van der Waals surface area contributed by atoms with E-state index in [1.165, 1.54) is 0 Å². The van der Waals surface area contributed by atoms with Gasteiger partial charge in [-0.1, -0.05) is 22.9 Å². The second kappa shape index (κ2) is 5.95. The van der Waals surface area contributed by atoms with Gasteiger partial charge in [-0.2, -0.15) is 0 Å². The van der Waals surface area contributed by atoms with E-state index >= 15 is 0 Å². The van der Waals surface area contributed by atoms with Crippen LogP contribution < -0.4 is 9.64 Å². The number of alkyl halides is 1. The van der Waals surface area contributed by atoms with E-state index in [9.17, 15) is 0 Å². The summed E-state index contributed by atoms with van der Waals surface area (Å²) >= 11 is 3.53. The molecule has 1 unspecified atom stereocenters. The van der Waals surface area contributed by atoms with E-state index in [1.807, 2.05) is 19.2 Å². The number of rotatable bonds is 5. The van der Waals surface area contributed by atoms with Crippen molar-refractivity contribution < 1.29 is 4.74 Å². The summed E-state index contributed by atoms with van der Waals surface area (Å²) < 4.78 is 5.06. The third kappa shape index (κ3) is 4.08. The highest BCUT2D eigenvalue weighted by Crippen LogP contribution is 2.15. The number of hydrogen-bond donors (Lipinski definition) is 0. The Morgan fingerprint density at radius 3 is 2.73 bits per heavy atom. The van der Waals surface area contributed by atoms with Crippen LogP contribution in [-0.4, -0.2) is 30.5 Å². The Bertz CT molecular complexity index is 287. The predicted molar refractivity (Wildman–Crippen MR) is 67.1 cm³/mol. The highest BCUT2D eigenvalue weighted by atomic mass is 79.9. The van der Waals surface area contributed by atoms with Crippen LogP contribution in [0.3, 0.4) is 0 Å². The Morgan fingerprint density at radius 1 is 1.53 bits per heavy atom. The maximum absolute atomic E-state index is 5.06. The molecule has 3 nitrogen and oxygen atoms in total. The van der Waals surface area contributed by atoms with Gasteiger partial charge in [0.1, 0.15) is 11.6 Å². The van der Waals surface area contributed by atoms with E-state index in [1.54, 1.807) is 13.3 Å². The molecule has 1 aromatic rings. The zero-order valence-electron chi connectivity index (χ0n) is 9.40. The first kappa shape index (κ1) is 12.3. The lowest BCUT2D eigenvalue weighted by atomic mass is 10.3. The van der Waals surface area contributed by atoms with Gasteiger partial charge in [-0.15, -0.1) is 0 Å². The average molecular weight is 273 g/mol. The van der Waals surface area contributed by atoms with Crippen molar-refractivity contribution in [3.63, 3.8) is 0 Å². The molecule has 15 heavy (non-hydrogen) atoms. The van der Waals surface area contributed by atoms with Crippen molar-refractivity contribution in [1.29, 1.82) is 0 Å². The van der Waals surface area contributed by atoms with E-state index in [4.69, 9.17) is 4.74 Å². The molecular formula is C11H17BrN2O. The predicted octanol–water partition coefficient (Wildman–Crippen LogP) is 2.70. The summed E-state index contributed by atoms with van der Waals surface area (Å²) in [7, 11) is 3.69. The Labute approximate surface area is 99.6 Å². The first-order chi connectivity index (χ1) is 7.13. The molecule has 0 N–H and O–H groups in total. The lowest BCUT2D eigenvalue weighted by Gasteiger charge is -2.18. The topological polar surface area (TPSA) is 25.4 Å². The summed E-state index contributed by atoms with van der Waals surface area (Å²) in [5.41, 5.74) is 0. The Kier molecular flexibility index (Phi) is 4.88. The van der Waals surface area contributed by atoms with Crippen LogP contribution in [0.25, 0.3) is 0 Å². The first-order valence-corrected chi connectivity index (χ1v) is 5.90. The Hall–Kier alpha value is -0.770. The van der Waals surface area contributed by atoms with Crippen molar-refractivity contribution in [3.05, 3.63) is 18.3 Å². The minimum atomic E-state index is 0.540. The fraction of sp³-hybridized carbons (Fsp3) is 0.545. The minimum Gasteiger partial charge on any atom is -0.495 e. The van der Waals surface area contributed by atoms with Crippen LogP contribution in [0.2, 0.25) is 0 Å². The molecule has 0 aromatic carbocycles. The van der Waals surface area contributed by atoms with Gasteiger partial charge in [-0.25, -0.2) is 4.98 Å².